The first-order valence-corrected chi connectivity index (χ1v) is 6.17. The predicted molar refractivity (Wildman–Crippen MR) is 74.6 cm³/mol. The van der Waals surface area contributed by atoms with Gasteiger partial charge >= 0.3 is 0 Å². The second kappa shape index (κ2) is 6.47. The molecule has 0 aliphatic carbocycles. The predicted octanol–water partition coefficient (Wildman–Crippen LogP) is 2.49. The van der Waals surface area contributed by atoms with Gasteiger partial charge < -0.3 is 5.32 Å². The molecule has 1 N–H and O–H groups in total. The fourth-order valence-corrected chi connectivity index (χ4v) is 2.19. The van der Waals surface area contributed by atoms with Crippen LogP contribution in [0.4, 0.5) is 0 Å². The highest BCUT2D eigenvalue weighted by molar-refractivity contribution is 5.48. The molecule has 0 aromatic heterocycles. The molecule has 0 heterocycles. The molecule has 2 aromatic rings. The minimum Gasteiger partial charge on any atom is -0.345 e. The minimum atomic E-state index is -1.02. The van der Waals surface area contributed by atoms with E-state index in [9.17, 15) is 14.9 Å². The number of benzene rings is 2. The van der Waals surface area contributed by atoms with Gasteiger partial charge in [0.15, 0.2) is 0 Å². The quantitative estimate of drug-likeness (QED) is 0.498. The topological polar surface area (TPSA) is 72.2 Å². The van der Waals surface area contributed by atoms with Crippen molar-refractivity contribution < 1.29 is 9.72 Å². The fourth-order valence-electron chi connectivity index (χ4n) is 2.19. The van der Waals surface area contributed by atoms with E-state index in [1.165, 1.54) is 0 Å². The van der Waals surface area contributed by atoms with Crippen LogP contribution in [-0.4, -0.2) is 11.3 Å². The molecule has 0 bridgehead atoms. The van der Waals surface area contributed by atoms with Gasteiger partial charge in [-0.25, -0.2) is 0 Å². The highest BCUT2D eigenvalue weighted by Crippen LogP contribution is 2.31. The van der Waals surface area contributed by atoms with Crippen molar-refractivity contribution in [2.45, 2.75) is 12.1 Å². The average molecular weight is 270 g/mol. The number of hydrogen-bond acceptors (Lipinski definition) is 3. The summed E-state index contributed by atoms with van der Waals surface area (Å²) in [5.41, 5.74) is 1.26. The summed E-state index contributed by atoms with van der Waals surface area (Å²) in [5.74, 6) is 0. The number of hydrogen-bond donors (Lipinski definition) is 1. The molecule has 2 aromatic carbocycles. The fraction of sp³-hybridized carbons (Fsp3) is 0.133. The van der Waals surface area contributed by atoms with Crippen LogP contribution in [0, 0.1) is 10.1 Å². The largest absolute Gasteiger partial charge is 0.345 e. The number of amides is 1. The van der Waals surface area contributed by atoms with Crippen LogP contribution >= 0.6 is 0 Å². The maximum absolute atomic E-state index is 11.4. The third kappa shape index (κ3) is 3.00. The molecule has 0 aliphatic heterocycles. The van der Waals surface area contributed by atoms with Gasteiger partial charge in [-0.2, -0.15) is 0 Å². The summed E-state index contributed by atoms with van der Waals surface area (Å²) in [7, 11) is 0. The Morgan fingerprint density at radius 1 is 0.950 bits per heavy atom. The van der Waals surface area contributed by atoms with Gasteiger partial charge in [0.25, 0.3) is 6.04 Å². The zero-order chi connectivity index (χ0) is 14.4. The van der Waals surface area contributed by atoms with Crippen molar-refractivity contribution in [2.24, 2.45) is 0 Å². The van der Waals surface area contributed by atoms with E-state index >= 15 is 0 Å². The highest BCUT2D eigenvalue weighted by Gasteiger charge is 2.34. The molecule has 0 saturated heterocycles. The molecule has 2 atom stereocenters. The molecule has 20 heavy (non-hydrogen) atoms. The molecule has 5 nitrogen and oxygen atoms in total. The van der Waals surface area contributed by atoms with E-state index in [0.717, 1.165) is 0 Å². The Balaban J connectivity index is 2.44. The van der Waals surface area contributed by atoms with Gasteiger partial charge in [-0.05, 0) is 5.56 Å². The van der Waals surface area contributed by atoms with Crippen LogP contribution in [0.5, 0.6) is 0 Å². The summed E-state index contributed by atoms with van der Waals surface area (Å²) in [6.45, 7) is 0. The summed E-state index contributed by atoms with van der Waals surface area (Å²) in [5, 5.41) is 14.0. The number of carbonyl (C=O) groups is 1. The molecule has 1 amide bonds. The van der Waals surface area contributed by atoms with Crippen molar-refractivity contribution in [2.75, 3.05) is 0 Å². The first-order chi connectivity index (χ1) is 9.74. The smallest absolute Gasteiger partial charge is 0.262 e. The Labute approximate surface area is 116 Å². The van der Waals surface area contributed by atoms with Gasteiger partial charge in [0.1, 0.15) is 6.04 Å². The molecule has 0 unspecified atom stereocenters. The van der Waals surface area contributed by atoms with Crippen LogP contribution in [0.2, 0.25) is 0 Å². The molecule has 0 saturated carbocycles. The molecule has 0 spiro atoms. The average Bonchev–Trinajstić information content (AvgIpc) is 2.48. The zero-order valence-corrected chi connectivity index (χ0v) is 10.7. The number of carbonyl (C=O) groups excluding carboxylic acids is 1. The molecule has 2 rings (SSSR count). The summed E-state index contributed by atoms with van der Waals surface area (Å²) >= 11 is 0. The summed E-state index contributed by atoms with van der Waals surface area (Å²) < 4.78 is 0. The highest BCUT2D eigenvalue weighted by atomic mass is 16.6. The van der Waals surface area contributed by atoms with E-state index < -0.39 is 12.1 Å². The Morgan fingerprint density at radius 3 is 1.90 bits per heavy atom. The van der Waals surface area contributed by atoms with Gasteiger partial charge in [-0.15, -0.1) is 0 Å². The van der Waals surface area contributed by atoms with Gasteiger partial charge in [0.2, 0.25) is 6.41 Å². The lowest BCUT2D eigenvalue weighted by Gasteiger charge is -2.21. The van der Waals surface area contributed by atoms with Gasteiger partial charge in [0, 0.05) is 10.5 Å². The van der Waals surface area contributed by atoms with Crippen molar-refractivity contribution in [3.05, 3.63) is 81.9 Å². The number of nitro groups is 1. The van der Waals surface area contributed by atoms with Gasteiger partial charge in [-0.1, -0.05) is 60.7 Å². The first-order valence-electron chi connectivity index (χ1n) is 6.17. The Morgan fingerprint density at radius 2 is 1.45 bits per heavy atom. The second-order valence-corrected chi connectivity index (χ2v) is 4.31. The van der Waals surface area contributed by atoms with Crippen molar-refractivity contribution >= 4 is 6.41 Å². The Hall–Kier alpha value is -2.69. The standard InChI is InChI=1S/C15H14N2O3/c18-11-16-14(12-7-3-1-4-8-12)15(17(19)20)13-9-5-2-6-10-13/h1-11,14-15H,(H,16,18)/t14-,15+/m1/s1. The van der Waals surface area contributed by atoms with Crippen molar-refractivity contribution in [1.29, 1.82) is 0 Å². The lowest BCUT2D eigenvalue weighted by molar-refractivity contribution is -0.534. The number of nitrogens with zero attached hydrogens (tertiary/aromatic N) is 1. The summed E-state index contributed by atoms with van der Waals surface area (Å²) in [4.78, 5) is 21.9. The maximum Gasteiger partial charge on any atom is 0.262 e. The maximum atomic E-state index is 11.4. The summed E-state index contributed by atoms with van der Waals surface area (Å²) in [6.07, 6.45) is 0.497. The molecule has 102 valence electrons. The van der Waals surface area contributed by atoms with Crippen LogP contribution in [0.3, 0.4) is 0 Å². The second-order valence-electron chi connectivity index (χ2n) is 4.31. The van der Waals surface area contributed by atoms with Crippen LogP contribution < -0.4 is 5.32 Å². The van der Waals surface area contributed by atoms with E-state index in [2.05, 4.69) is 5.32 Å². The Bertz CT molecular complexity index is 572. The van der Waals surface area contributed by atoms with Crippen LogP contribution in [-0.2, 0) is 4.79 Å². The molecular weight excluding hydrogens is 256 g/mol. The van der Waals surface area contributed by atoms with Crippen LogP contribution in [0.25, 0.3) is 0 Å². The first kappa shape index (κ1) is 13.7. The van der Waals surface area contributed by atoms with E-state index in [1.807, 2.05) is 6.07 Å². The molecule has 0 aliphatic rings. The van der Waals surface area contributed by atoms with Gasteiger partial charge in [-0.3, -0.25) is 14.9 Å². The van der Waals surface area contributed by atoms with E-state index in [0.29, 0.717) is 17.5 Å². The monoisotopic (exact) mass is 270 g/mol. The van der Waals surface area contributed by atoms with Crippen molar-refractivity contribution in [1.82, 2.24) is 5.32 Å². The van der Waals surface area contributed by atoms with Crippen molar-refractivity contribution in [3.63, 3.8) is 0 Å². The lowest BCUT2D eigenvalue weighted by atomic mass is 9.94. The molecular formula is C15H14N2O3. The van der Waals surface area contributed by atoms with Crippen LogP contribution in [0.1, 0.15) is 23.2 Å². The zero-order valence-electron chi connectivity index (χ0n) is 10.7. The third-order valence-electron chi connectivity index (χ3n) is 3.09. The normalized spacial score (nSPS) is 13.2. The Kier molecular flexibility index (Phi) is 4.44. The number of nitrogens with one attached hydrogen (secondary N) is 1. The van der Waals surface area contributed by atoms with E-state index in [4.69, 9.17) is 0 Å². The minimum absolute atomic E-state index is 0.372. The molecule has 0 radical (unpaired) electrons. The van der Waals surface area contributed by atoms with E-state index in [1.54, 1.807) is 54.6 Å². The van der Waals surface area contributed by atoms with E-state index in [-0.39, 0.29) is 4.92 Å². The lowest BCUT2D eigenvalue weighted by Crippen LogP contribution is -2.30. The van der Waals surface area contributed by atoms with Crippen molar-refractivity contribution in [3.8, 4) is 0 Å². The third-order valence-corrected chi connectivity index (χ3v) is 3.09. The SMILES string of the molecule is O=CN[C@H](c1ccccc1)[C@H](c1ccccc1)[N+](=O)[O-]. The molecule has 5 heteroatoms. The number of rotatable bonds is 6. The summed E-state index contributed by atoms with van der Waals surface area (Å²) in [6, 6.07) is 15.9. The molecule has 0 fully saturated rings. The van der Waals surface area contributed by atoms with Crippen LogP contribution in [0.15, 0.2) is 60.7 Å². The van der Waals surface area contributed by atoms with Gasteiger partial charge in [0.05, 0.1) is 0 Å².